The Morgan fingerprint density at radius 1 is 1.50 bits per heavy atom. The van der Waals surface area contributed by atoms with Crippen molar-refractivity contribution in [2.24, 2.45) is 0 Å². The summed E-state index contributed by atoms with van der Waals surface area (Å²) in [6.45, 7) is 0.924. The van der Waals surface area contributed by atoms with E-state index in [9.17, 15) is 14.7 Å². The Morgan fingerprint density at radius 3 is 2.90 bits per heavy atom. The van der Waals surface area contributed by atoms with Crippen LogP contribution >= 0.6 is 0 Å². The standard InChI is InChI=1S/C12H15N3O5/c16-6-9-7-20-4-3-15(9)11(17)10-2-1-8(5-13-10)14-12(18)19/h1-2,5,9,14,16H,3-4,6-7H2,(H,18,19)/t9-/m0/s1. The summed E-state index contributed by atoms with van der Waals surface area (Å²) in [6, 6.07) is 2.52. The number of carbonyl (C=O) groups excluding carboxylic acids is 1. The molecule has 2 rings (SSSR count). The minimum absolute atomic E-state index is 0.176. The summed E-state index contributed by atoms with van der Waals surface area (Å²) >= 11 is 0. The lowest BCUT2D eigenvalue weighted by molar-refractivity contribution is -0.0186. The summed E-state index contributed by atoms with van der Waals surface area (Å²) in [5.74, 6) is -0.311. The van der Waals surface area contributed by atoms with Gasteiger partial charge in [0.15, 0.2) is 0 Å². The zero-order chi connectivity index (χ0) is 14.5. The molecule has 1 atom stereocenters. The van der Waals surface area contributed by atoms with E-state index in [1.807, 2.05) is 0 Å². The number of nitrogens with zero attached hydrogens (tertiary/aromatic N) is 2. The summed E-state index contributed by atoms with van der Waals surface area (Å²) in [7, 11) is 0. The SMILES string of the molecule is O=C(O)Nc1ccc(C(=O)N2CCOC[C@@H]2CO)nc1. The highest BCUT2D eigenvalue weighted by molar-refractivity contribution is 5.93. The normalized spacial score (nSPS) is 18.6. The fraction of sp³-hybridized carbons (Fsp3) is 0.417. The molecule has 2 amide bonds. The van der Waals surface area contributed by atoms with Crippen molar-refractivity contribution < 1.29 is 24.5 Å². The number of carbonyl (C=O) groups is 2. The third kappa shape index (κ3) is 3.22. The van der Waals surface area contributed by atoms with Crippen molar-refractivity contribution in [2.45, 2.75) is 6.04 Å². The number of morpholine rings is 1. The van der Waals surface area contributed by atoms with Crippen LogP contribution in [0.5, 0.6) is 0 Å². The topological polar surface area (TPSA) is 112 Å². The van der Waals surface area contributed by atoms with Gasteiger partial charge in [0, 0.05) is 6.54 Å². The van der Waals surface area contributed by atoms with Crippen molar-refractivity contribution in [3.8, 4) is 0 Å². The van der Waals surface area contributed by atoms with Gasteiger partial charge in [-0.15, -0.1) is 0 Å². The second-order valence-electron chi connectivity index (χ2n) is 4.27. The largest absolute Gasteiger partial charge is 0.465 e. The van der Waals surface area contributed by atoms with Gasteiger partial charge in [-0.3, -0.25) is 10.1 Å². The highest BCUT2D eigenvalue weighted by Crippen LogP contribution is 2.13. The van der Waals surface area contributed by atoms with Crippen LogP contribution in [0.1, 0.15) is 10.5 Å². The number of aliphatic hydroxyl groups excluding tert-OH is 1. The molecule has 1 saturated heterocycles. The average molecular weight is 281 g/mol. The van der Waals surface area contributed by atoms with Crippen LogP contribution in [0.2, 0.25) is 0 Å². The van der Waals surface area contributed by atoms with Crippen LogP contribution in [0.4, 0.5) is 10.5 Å². The van der Waals surface area contributed by atoms with Gasteiger partial charge in [0.2, 0.25) is 0 Å². The summed E-state index contributed by atoms with van der Waals surface area (Å²) in [5, 5.41) is 19.9. The Bertz CT molecular complexity index is 490. The summed E-state index contributed by atoms with van der Waals surface area (Å²) in [5.41, 5.74) is 0.482. The van der Waals surface area contributed by atoms with E-state index >= 15 is 0 Å². The number of hydrogen-bond acceptors (Lipinski definition) is 5. The quantitative estimate of drug-likeness (QED) is 0.719. The number of anilines is 1. The number of aliphatic hydroxyl groups is 1. The molecule has 20 heavy (non-hydrogen) atoms. The molecule has 2 heterocycles. The lowest BCUT2D eigenvalue weighted by Gasteiger charge is -2.34. The highest BCUT2D eigenvalue weighted by Gasteiger charge is 2.28. The van der Waals surface area contributed by atoms with E-state index in [-0.39, 0.29) is 29.9 Å². The maximum Gasteiger partial charge on any atom is 0.409 e. The van der Waals surface area contributed by atoms with Crippen molar-refractivity contribution in [1.82, 2.24) is 9.88 Å². The third-order valence-corrected chi connectivity index (χ3v) is 2.93. The smallest absolute Gasteiger partial charge is 0.409 e. The third-order valence-electron chi connectivity index (χ3n) is 2.93. The van der Waals surface area contributed by atoms with Crippen molar-refractivity contribution in [3.63, 3.8) is 0 Å². The van der Waals surface area contributed by atoms with Gasteiger partial charge >= 0.3 is 6.09 Å². The molecule has 0 bridgehead atoms. The molecular formula is C12H15N3O5. The van der Waals surface area contributed by atoms with Crippen LogP contribution in [-0.2, 0) is 4.74 Å². The van der Waals surface area contributed by atoms with Gasteiger partial charge in [-0.1, -0.05) is 0 Å². The van der Waals surface area contributed by atoms with E-state index in [0.717, 1.165) is 0 Å². The number of hydrogen-bond donors (Lipinski definition) is 3. The van der Waals surface area contributed by atoms with E-state index in [0.29, 0.717) is 19.8 Å². The number of carboxylic acid groups (broad SMARTS) is 1. The van der Waals surface area contributed by atoms with Gasteiger partial charge in [0.1, 0.15) is 5.69 Å². The van der Waals surface area contributed by atoms with E-state index in [2.05, 4.69) is 10.3 Å². The molecule has 1 aliphatic heterocycles. The first-order chi connectivity index (χ1) is 9.61. The molecule has 1 aliphatic rings. The first kappa shape index (κ1) is 14.2. The van der Waals surface area contributed by atoms with Gasteiger partial charge in [0.25, 0.3) is 5.91 Å². The lowest BCUT2D eigenvalue weighted by Crippen LogP contribution is -2.50. The molecule has 1 fully saturated rings. The molecule has 0 radical (unpaired) electrons. The fourth-order valence-corrected chi connectivity index (χ4v) is 1.94. The minimum Gasteiger partial charge on any atom is -0.465 e. The van der Waals surface area contributed by atoms with Gasteiger partial charge in [0.05, 0.1) is 37.7 Å². The monoisotopic (exact) mass is 281 g/mol. The molecule has 1 aromatic heterocycles. The number of amides is 2. The number of nitrogens with one attached hydrogen (secondary N) is 1. The van der Waals surface area contributed by atoms with Crippen molar-refractivity contribution in [2.75, 3.05) is 31.7 Å². The average Bonchev–Trinajstić information content (AvgIpc) is 2.46. The summed E-state index contributed by atoms with van der Waals surface area (Å²) < 4.78 is 5.20. The van der Waals surface area contributed by atoms with E-state index in [1.54, 1.807) is 0 Å². The van der Waals surface area contributed by atoms with Crippen LogP contribution in [0.25, 0.3) is 0 Å². The Balaban J connectivity index is 2.09. The predicted octanol–water partition coefficient (Wildman–Crippen LogP) is 0.00480. The molecule has 0 saturated carbocycles. The molecule has 0 aliphatic carbocycles. The minimum atomic E-state index is -1.19. The van der Waals surface area contributed by atoms with Crippen molar-refractivity contribution in [1.29, 1.82) is 0 Å². The van der Waals surface area contributed by atoms with Gasteiger partial charge < -0.3 is 19.8 Å². The Hall–Kier alpha value is -2.19. The molecule has 0 aromatic carbocycles. The second kappa shape index (κ2) is 6.31. The maximum absolute atomic E-state index is 12.3. The van der Waals surface area contributed by atoms with E-state index < -0.39 is 6.09 Å². The molecule has 8 nitrogen and oxygen atoms in total. The predicted molar refractivity (Wildman–Crippen MR) is 68.6 cm³/mol. The van der Waals surface area contributed by atoms with Gasteiger partial charge in [-0.05, 0) is 12.1 Å². The molecule has 1 aromatic rings. The summed E-state index contributed by atoms with van der Waals surface area (Å²) in [4.78, 5) is 28.2. The lowest BCUT2D eigenvalue weighted by atomic mass is 10.2. The van der Waals surface area contributed by atoms with E-state index in [1.165, 1.54) is 23.2 Å². The second-order valence-corrected chi connectivity index (χ2v) is 4.27. The first-order valence-electron chi connectivity index (χ1n) is 6.07. The Labute approximate surface area is 115 Å². The zero-order valence-electron chi connectivity index (χ0n) is 10.7. The van der Waals surface area contributed by atoms with Crippen molar-refractivity contribution in [3.05, 3.63) is 24.0 Å². The molecule has 0 unspecified atom stereocenters. The Morgan fingerprint density at radius 2 is 2.30 bits per heavy atom. The molecule has 3 N–H and O–H groups in total. The van der Waals surface area contributed by atoms with Crippen LogP contribution in [0.3, 0.4) is 0 Å². The van der Waals surface area contributed by atoms with Crippen LogP contribution in [0.15, 0.2) is 18.3 Å². The number of aromatic nitrogens is 1. The molecular weight excluding hydrogens is 266 g/mol. The zero-order valence-corrected chi connectivity index (χ0v) is 10.7. The Kier molecular flexibility index (Phi) is 4.49. The molecule has 0 spiro atoms. The van der Waals surface area contributed by atoms with Crippen molar-refractivity contribution >= 4 is 17.7 Å². The number of rotatable bonds is 3. The summed E-state index contributed by atoms with van der Waals surface area (Å²) in [6.07, 6.45) is 0.0786. The number of pyridine rings is 1. The van der Waals surface area contributed by atoms with Crippen LogP contribution in [-0.4, -0.2) is 64.5 Å². The molecule has 8 heteroatoms. The van der Waals surface area contributed by atoms with E-state index in [4.69, 9.17) is 9.84 Å². The fourth-order valence-electron chi connectivity index (χ4n) is 1.94. The van der Waals surface area contributed by atoms with Gasteiger partial charge in [-0.25, -0.2) is 9.78 Å². The van der Waals surface area contributed by atoms with Gasteiger partial charge in [-0.2, -0.15) is 0 Å². The first-order valence-corrected chi connectivity index (χ1v) is 6.07. The van der Waals surface area contributed by atoms with Crippen LogP contribution in [0, 0.1) is 0 Å². The molecule has 108 valence electrons. The highest BCUT2D eigenvalue weighted by atomic mass is 16.5. The maximum atomic E-state index is 12.3. The number of ether oxygens (including phenoxy) is 1. The van der Waals surface area contributed by atoms with Crippen LogP contribution < -0.4 is 5.32 Å².